The molecule has 0 aliphatic carbocycles. The van der Waals surface area contributed by atoms with Crippen molar-refractivity contribution in [3.8, 4) is 5.75 Å². The summed E-state index contributed by atoms with van der Waals surface area (Å²) in [6.45, 7) is 0.437. The molecule has 1 aromatic carbocycles. The van der Waals surface area contributed by atoms with Crippen LogP contribution in [0.2, 0.25) is 0 Å². The molecule has 0 fully saturated rings. The lowest BCUT2D eigenvalue weighted by Crippen LogP contribution is -2.10. The van der Waals surface area contributed by atoms with E-state index in [9.17, 15) is 13.2 Å². The number of carbonyl (C=O) groups excluding carboxylic acids is 1. The van der Waals surface area contributed by atoms with Crippen molar-refractivity contribution in [3.63, 3.8) is 0 Å². The molecule has 0 amide bonds. The van der Waals surface area contributed by atoms with E-state index in [-0.39, 0.29) is 33.9 Å². The summed E-state index contributed by atoms with van der Waals surface area (Å²) in [4.78, 5) is 11.2. The third kappa shape index (κ3) is 4.17. The van der Waals surface area contributed by atoms with Gasteiger partial charge in [-0.25, -0.2) is 8.42 Å². The molecule has 0 atom stereocenters. The maximum Gasteiger partial charge on any atom is 0.253 e. The Morgan fingerprint density at radius 2 is 2.00 bits per heavy atom. The van der Waals surface area contributed by atoms with Crippen LogP contribution in [0.15, 0.2) is 21.5 Å². The van der Waals surface area contributed by atoms with Gasteiger partial charge in [-0.3, -0.25) is 4.79 Å². The Hall–Kier alpha value is -0.630. The zero-order valence-electron chi connectivity index (χ0n) is 10.3. The first-order valence-electron chi connectivity index (χ1n) is 5.13. The van der Waals surface area contributed by atoms with E-state index in [0.29, 0.717) is 0 Å². The van der Waals surface area contributed by atoms with Crippen LogP contribution in [-0.2, 0) is 14.6 Å². The number of benzene rings is 1. The fourth-order valence-corrected chi connectivity index (χ4v) is 3.20. The summed E-state index contributed by atoms with van der Waals surface area (Å²) in [5, 5.41) is -0.705. The van der Waals surface area contributed by atoms with Gasteiger partial charge in [-0.2, -0.15) is 0 Å². The molecule has 0 aliphatic rings. The maximum atomic E-state index is 11.7. The fourth-order valence-electron chi connectivity index (χ4n) is 1.34. The minimum atomic E-state index is -3.49. The molecule has 0 aromatic heterocycles. The Morgan fingerprint density at radius 3 is 2.47 bits per heavy atom. The highest BCUT2D eigenvalue weighted by Gasteiger charge is 2.22. The Kier molecular flexibility index (Phi) is 5.79. The molecule has 0 saturated heterocycles. The lowest BCUT2D eigenvalue weighted by Gasteiger charge is -2.13. The first-order chi connectivity index (χ1) is 8.79. The second-order valence-corrected chi connectivity index (χ2v) is 6.76. The molecule has 0 N–H and O–H groups in total. The van der Waals surface area contributed by atoms with Crippen molar-refractivity contribution in [1.82, 2.24) is 0 Å². The molecular weight excluding hydrogens is 360 g/mol. The normalized spacial score (nSPS) is 11.4. The number of methoxy groups -OCH3 is 1. The highest BCUT2D eigenvalue weighted by atomic mass is 79.9. The summed E-state index contributed by atoms with van der Waals surface area (Å²) in [7, 11) is -1.99. The van der Waals surface area contributed by atoms with Crippen LogP contribution in [0.1, 0.15) is 10.4 Å². The summed E-state index contributed by atoms with van der Waals surface area (Å²) in [6, 6.07) is 2.62. The largest absolute Gasteiger partial charge is 0.489 e. The first kappa shape index (κ1) is 16.4. The van der Waals surface area contributed by atoms with Gasteiger partial charge in [-0.1, -0.05) is 0 Å². The minimum Gasteiger partial charge on any atom is -0.489 e. The second-order valence-electron chi connectivity index (χ2n) is 3.64. The number of ether oxygens (including phenoxy) is 2. The Bertz CT molecular complexity index is 585. The number of halogens is 2. The van der Waals surface area contributed by atoms with Crippen LogP contribution >= 0.6 is 27.5 Å². The van der Waals surface area contributed by atoms with E-state index in [0.717, 1.165) is 6.26 Å². The van der Waals surface area contributed by atoms with Gasteiger partial charge < -0.3 is 9.47 Å². The molecule has 0 heterocycles. The smallest absolute Gasteiger partial charge is 0.253 e. The quantitative estimate of drug-likeness (QED) is 0.567. The van der Waals surface area contributed by atoms with Gasteiger partial charge in [0, 0.05) is 13.4 Å². The summed E-state index contributed by atoms with van der Waals surface area (Å²) in [6.07, 6.45) is 1.06. The molecule has 0 aliphatic heterocycles. The Labute approximate surface area is 124 Å². The summed E-state index contributed by atoms with van der Waals surface area (Å²) >= 11 is 8.55. The monoisotopic (exact) mass is 370 g/mol. The molecule has 106 valence electrons. The van der Waals surface area contributed by atoms with Gasteiger partial charge in [0.15, 0.2) is 15.6 Å². The Balaban J connectivity index is 3.34. The van der Waals surface area contributed by atoms with Crippen molar-refractivity contribution in [2.45, 2.75) is 4.90 Å². The Morgan fingerprint density at radius 1 is 1.37 bits per heavy atom. The van der Waals surface area contributed by atoms with Crippen molar-refractivity contribution in [2.75, 3.05) is 26.6 Å². The molecule has 0 bridgehead atoms. The number of carbonyl (C=O) groups is 1. The summed E-state index contributed by atoms with van der Waals surface area (Å²) in [5.41, 5.74) is 0.140. The zero-order chi connectivity index (χ0) is 14.6. The van der Waals surface area contributed by atoms with Gasteiger partial charge >= 0.3 is 0 Å². The molecule has 5 nitrogen and oxygen atoms in total. The minimum absolute atomic E-state index is 0.0165. The second kappa shape index (κ2) is 6.69. The summed E-state index contributed by atoms with van der Waals surface area (Å²) in [5.74, 6) is 0.0612. The van der Waals surface area contributed by atoms with Gasteiger partial charge in [-0.05, 0) is 39.7 Å². The van der Waals surface area contributed by atoms with Gasteiger partial charge in [0.25, 0.3) is 5.24 Å². The predicted molar refractivity (Wildman–Crippen MR) is 74.8 cm³/mol. The lowest BCUT2D eigenvalue weighted by atomic mass is 10.2. The van der Waals surface area contributed by atoms with Crippen molar-refractivity contribution in [3.05, 3.63) is 22.2 Å². The molecule has 0 unspecified atom stereocenters. The predicted octanol–water partition coefficient (Wildman–Crippen LogP) is 2.26. The van der Waals surface area contributed by atoms with Crippen LogP contribution in [0.5, 0.6) is 5.75 Å². The van der Waals surface area contributed by atoms with Gasteiger partial charge in [0.05, 0.1) is 16.6 Å². The summed E-state index contributed by atoms with van der Waals surface area (Å²) < 4.78 is 33.7. The number of rotatable bonds is 6. The van der Waals surface area contributed by atoms with Crippen molar-refractivity contribution in [1.29, 1.82) is 0 Å². The van der Waals surface area contributed by atoms with E-state index >= 15 is 0 Å². The van der Waals surface area contributed by atoms with Crippen LogP contribution in [0.3, 0.4) is 0 Å². The highest BCUT2D eigenvalue weighted by molar-refractivity contribution is 9.10. The topological polar surface area (TPSA) is 69.7 Å². The van der Waals surface area contributed by atoms with E-state index in [1.807, 2.05) is 0 Å². The highest BCUT2D eigenvalue weighted by Crippen LogP contribution is 2.36. The van der Waals surface area contributed by atoms with Crippen molar-refractivity contribution >= 4 is 42.6 Å². The van der Waals surface area contributed by atoms with E-state index in [2.05, 4.69) is 15.9 Å². The third-order valence-electron chi connectivity index (χ3n) is 2.21. The van der Waals surface area contributed by atoms with Crippen molar-refractivity contribution in [2.24, 2.45) is 0 Å². The molecule has 0 saturated carbocycles. The van der Waals surface area contributed by atoms with Gasteiger partial charge in [0.2, 0.25) is 0 Å². The molecule has 1 rings (SSSR count). The molecule has 19 heavy (non-hydrogen) atoms. The molecule has 1 aromatic rings. The number of hydrogen-bond acceptors (Lipinski definition) is 5. The van der Waals surface area contributed by atoms with E-state index in [4.69, 9.17) is 21.1 Å². The zero-order valence-corrected chi connectivity index (χ0v) is 13.4. The van der Waals surface area contributed by atoms with Crippen LogP contribution < -0.4 is 4.74 Å². The molecule has 8 heteroatoms. The van der Waals surface area contributed by atoms with Crippen LogP contribution in [0.25, 0.3) is 0 Å². The number of hydrogen-bond donors (Lipinski definition) is 0. The standard InChI is InChI=1S/C11H12BrClO5S/c1-17-5-6-18-10-8(19(2,15)16)4-3-7(9(10)12)11(13)14/h3-4H,5-6H2,1-2H3. The fraction of sp³-hybridized carbons (Fsp3) is 0.364. The maximum absolute atomic E-state index is 11.7. The van der Waals surface area contributed by atoms with E-state index in [1.165, 1.54) is 19.2 Å². The van der Waals surface area contributed by atoms with Gasteiger partial charge in [0.1, 0.15) is 11.5 Å². The van der Waals surface area contributed by atoms with E-state index < -0.39 is 15.1 Å². The van der Waals surface area contributed by atoms with Crippen LogP contribution in [-0.4, -0.2) is 40.2 Å². The molecule has 0 spiro atoms. The average Bonchev–Trinajstić information content (AvgIpc) is 2.29. The lowest BCUT2D eigenvalue weighted by molar-refractivity contribution is 0.107. The number of sulfone groups is 1. The average molecular weight is 372 g/mol. The van der Waals surface area contributed by atoms with Crippen LogP contribution in [0.4, 0.5) is 0 Å². The van der Waals surface area contributed by atoms with Crippen molar-refractivity contribution < 1.29 is 22.7 Å². The molecule has 0 radical (unpaired) electrons. The third-order valence-corrected chi connectivity index (χ3v) is 4.32. The van der Waals surface area contributed by atoms with E-state index in [1.54, 1.807) is 0 Å². The first-order valence-corrected chi connectivity index (χ1v) is 8.19. The SMILES string of the molecule is COCCOc1c(S(C)(=O)=O)ccc(C(=O)Cl)c1Br. The van der Waals surface area contributed by atoms with Gasteiger partial charge in [-0.15, -0.1) is 0 Å². The molecular formula is C11H12BrClO5S. The van der Waals surface area contributed by atoms with Crippen LogP contribution in [0, 0.1) is 0 Å².